The Labute approximate surface area is 283 Å². The van der Waals surface area contributed by atoms with E-state index in [-0.39, 0.29) is 30.2 Å². The fourth-order valence-corrected chi connectivity index (χ4v) is 13.9. The molecule has 3 spiro atoms. The van der Waals surface area contributed by atoms with Gasteiger partial charge in [0.2, 0.25) is 0 Å². The number of furan rings is 1. The van der Waals surface area contributed by atoms with E-state index in [0.717, 1.165) is 75.5 Å². The lowest BCUT2D eigenvalue weighted by molar-refractivity contribution is -0.282. The van der Waals surface area contributed by atoms with Gasteiger partial charge in [-0.25, -0.2) is 4.79 Å². The number of fused-ring (bicyclic) bond motifs is 2. The number of carbonyl (C=O) groups is 3. The number of ketones is 1. The highest BCUT2D eigenvalue weighted by atomic mass is 16.7. The second kappa shape index (κ2) is 10.2. The third kappa shape index (κ3) is 3.43. The van der Waals surface area contributed by atoms with Crippen LogP contribution in [0, 0.1) is 39.4 Å². The third-order valence-corrected chi connectivity index (χ3v) is 15.4. The Morgan fingerprint density at radius 1 is 0.917 bits per heavy atom. The van der Waals surface area contributed by atoms with Crippen LogP contribution in [0.4, 0.5) is 0 Å². The molecule has 9 rings (SSSR count). The minimum atomic E-state index is -1.34. The first-order valence-electron chi connectivity index (χ1n) is 19.0. The van der Waals surface area contributed by atoms with E-state index < -0.39 is 69.2 Å². The average Bonchev–Trinajstić information content (AvgIpc) is 3.55. The third-order valence-electron chi connectivity index (χ3n) is 15.4. The molecule has 1 N–H and O–H groups in total. The standard InChI is InChI=1S/C39H52O9/c1-5-6-7-14-24-23(16-20-44-24)29-35(4)19-15-25-37-21-45-33(43)36(17-10-11-18-36)32(37)48-34(2,3)27(37)26(40)28(41)38(25,22-12-8-9-13-22)39(35)30(47-39)31(42)46-29/h16,20,22,25,27-30,32,41H,5-15,17-19,21H2,1-4H3/t25-,27-,28-,29+,30-,32+,35+,37-,38+,39-/m1/s1. The largest absolute Gasteiger partial charge is 0.469 e. The summed E-state index contributed by atoms with van der Waals surface area (Å²) in [6.07, 6.45) is 10.5. The summed E-state index contributed by atoms with van der Waals surface area (Å²) in [6.45, 7) is 8.37. The number of aryl methyl sites for hydroxylation is 1. The van der Waals surface area contributed by atoms with Crippen molar-refractivity contribution < 1.29 is 42.9 Å². The summed E-state index contributed by atoms with van der Waals surface area (Å²) in [4.78, 5) is 43.2. The van der Waals surface area contributed by atoms with Crippen LogP contribution in [0.1, 0.15) is 129 Å². The molecule has 9 nitrogen and oxygen atoms in total. The van der Waals surface area contributed by atoms with Gasteiger partial charge >= 0.3 is 11.9 Å². The summed E-state index contributed by atoms with van der Waals surface area (Å²) in [5.41, 5.74) is -4.56. The van der Waals surface area contributed by atoms with E-state index >= 15 is 4.79 Å². The van der Waals surface area contributed by atoms with Gasteiger partial charge in [0.25, 0.3) is 0 Å². The normalized spacial score (nSPS) is 46.7. The quantitative estimate of drug-likeness (QED) is 0.216. The number of unbranched alkanes of at least 4 members (excludes halogenated alkanes) is 2. The van der Waals surface area contributed by atoms with Crippen molar-refractivity contribution in [3.05, 3.63) is 23.7 Å². The molecule has 48 heavy (non-hydrogen) atoms. The summed E-state index contributed by atoms with van der Waals surface area (Å²) in [7, 11) is 0. The number of rotatable bonds is 6. The van der Waals surface area contributed by atoms with Gasteiger partial charge in [-0.2, -0.15) is 0 Å². The SMILES string of the molecule is CCCCCc1occc1[C@@H]1OC(=O)[C@H]2O[C@]23[C@]2(C4CCCC4)[C@H](O)C(=O)[C@@H]4C(C)(C)O[C@H]5C6(CCCC6)C(=O)OC[C@@]45[C@H]2CC[C@@]13C. The zero-order chi connectivity index (χ0) is 33.5. The molecule has 5 heterocycles. The van der Waals surface area contributed by atoms with Crippen LogP contribution in [-0.4, -0.2) is 58.9 Å². The molecule has 10 atom stereocenters. The van der Waals surface area contributed by atoms with E-state index in [2.05, 4.69) is 13.8 Å². The zero-order valence-corrected chi connectivity index (χ0v) is 29.0. The first-order valence-corrected chi connectivity index (χ1v) is 19.0. The predicted molar refractivity (Wildman–Crippen MR) is 171 cm³/mol. The zero-order valence-electron chi connectivity index (χ0n) is 29.0. The minimum absolute atomic E-state index is 0.0390. The summed E-state index contributed by atoms with van der Waals surface area (Å²) in [5.74, 6) is -0.946. The Kier molecular flexibility index (Phi) is 6.73. The van der Waals surface area contributed by atoms with Crippen LogP contribution in [0.25, 0.3) is 0 Å². The Balaban J connectivity index is 1.26. The number of carbonyl (C=O) groups excluding carboxylic acids is 3. The number of aliphatic hydroxyl groups is 1. The van der Waals surface area contributed by atoms with E-state index in [1.165, 1.54) is 0 Å². The van der Waals surface area contributed by atoms with Gasteiger partial charge in [0, 0.05) is 28.2 Å². The molecule has 8 aliphatic rings. The Morgan fingerprint density at radius 3 is 2.40 bits per heavy atom. The van der Waals surface area contributed by atoms with Gasteiger partial charge in [-0.1, -0.05) is 52.4 Å². The average molecular weight is 665 g/mol. The van der Waals surface area contributed by atoms with Gasteiger partial charge in [-0.3, -0.25) is 9.59 Å². The van der Waals surface area contributed by atoms with Gasteiger partial charge in [0.15, 0.2) is 11.9 Å². The summed E-state index contributed by atoms with van der Waals surface area (Å²) < 4.78 is 32.7. The number of aliphatic hydroxyl groups excluding tert-OH is 1. The number of cyclic esters (lactones) is 2. The van der Waals surface area contributed by atoms with E-state index in [4.69, 9.17) is 23.4 Å². The molecule has 4 aliphatic heterocycles. The molecule has 4 aliphatic carbocycles. The fraction of sp³-hybridized carbons (Fsp3) is 0.821. The fourth-order valence-electron chi connectivity index (χ4n) is 13.9. The molecule has 1 aromatic rings. The lowest BCUT2D eigenvalue weighted by Gasteiger charge is -2.70. The molecule has 262 valence electrons. The summed E-state index contributed by atoms with van der Waals surface area (Å²) >= 11 is 0. The number of hydrogen-bond donors (Lipinski definition) is 1. The molecule has 0 radical (unpaired) electrons. The number of hydrogen-bond acceptors (Lipinski definition) is 9. The Hall–Kier alpha value is -2.23. The van der Waals surface area contributed by atoms with Crippen LogP contribution in [0.15, 0.2) is 16.7 Å². The molecule has 0 aromatic carbocycles. The molecular weight excluding hydrogens is 612 g/mol. The first kappa shape index (κ1) is 31.7. The lowest BCUT2D eigenvalue weighted by Crippen LogP contribution is -2.79. The van der Waals surface area contributed by atoms with Crippen molar-refractivity contribution in [1.29, 1.82) is 0 Å². The van der Waals surface area contributed by atoms with E-state index in [1.807, 2.05) is 19.9 Å². The predicted octanol–water partition coefficient (Wildman–Crippen LogP) is 6.18. The monoisotopic (exact) mass is 664 g/mol. The van der Waals surface area contributed by atoms with Crippen molar-refractivity contribution in [3.63, 3.8) is 0 Å². The van der Waals surface area contributed by atoms with Crippen molar-refractivity contribution in [2.24, 2.45) is 39.4 Å². The van der Waals surface area contributed by atoms with Gasteiger partial charge in [-0.05, 0) is 76.7 Å². The van der Waals surface area contributed by atoms with Crippen molar-refractivity contribution in [2.75, 3.05) is 6.61 Å². The van der Waals surface area contributed by atoms with E-state index in [9.17, 15) is 14.7 Å². The van der Waals surface area contributed by atoms with Gasteiger partial charge in [0.05, 0.1) is 29.3 Å². The van der Waals surface area contributed by atoms with Crippen LogP contribution < -0.4 is 0 Å². The number of Topliss-reactive ketones (excluding diaryl/α,β-unsaturated/α-hetero) is 1. The highest BCUT2D eigenvalue weighted by Crippen LogP contribution is 2.83. The van der Waals surface area contributed by atoms with Crippen LogP contribution >= 0.6 is 0 Å². The van der Waals surface area contributed by atoms with Crippen molar-refractivity contribution in [2.45, 2.75) is 153 Å². The molecule has 0 bridgehead atoms. The van der Waals surface area contributed by atoms with Crippen LogP contribution in [0.2, 0.25) is 0 Å². The van der Waals surface area contributed by atoms with Crippen molar-refractivity contribution in [3.8, 4) is 0 Å². The summed E-state index contributed by atoms with van der Waals surface area (Å²) in [6, 6.07) is 1.94. The summed E-state index contributed by atoms with van der Waals surface area (Å²) in [5, 5.41) is 12.9. The smallest absolute Gasteiger partial charge is 0.339 e. The molecule has 4 saturated carbocycles. The van der Waals surface area contributed by atoms with Gasteiger partial charge in [-0.15, -0.1) is 0 Å². The molecule has 0 unspecified atom stereocenters. The second-order valence-corrected chi connectivity index (χ2v) is 17.6. The highest BCUT2D eigenvalue weighted by molar-refractivity contribution is 5.92. The van der Waals surface area contributed by atoms with E-state index in [0.29, 0.717) is 25.7 Å². The van der Waals surface area contributed by atoms with Crippen LogP contribution in [0.5, 0.6) is 0 Å². The maximum atomic E-state index is 15.2. The molecule has 4 saturated heterocycles. The molecule has 0 amide bonds. The van der Waals surface area contributed by atoms with E-state index in [1.54, 1.807) is 6.26 Å². The lowest BCUT2D eigenvalue weighted by atomic mass is 9.32. The van der Waals surface area contributed by atoms with Crippen LogP contribution in [-0.2, 0) is 39.8 Å². The topological polar surface area (TPSA) is 125 Å². The van der Waals surface area contributed by atoms with Crippen molar-refractivity contribution >= 4 is 17.7 Å². The highest BCUT2D eigenvalue weighted by Gasteiger charge is 2.93. The number of epoxide rings is 1. The molecular formula is C39H52O9. The van der Waals surface area contributed by atoms with Crippen molar-refractivity contribution in [1.82, 2.24) is 0 Å². The van der Waals surface area contributed by atoms with Gasteiger partial charge < -0.3 is 28.5 Å². The molecule has 9 heteroatoms. The van der Waals surface area contributed by atoms with Crippen LogP contribution in [0.3, 0.4) is 0 Å². The Bertz CT molecular complexity index is 1530. The molecule has 1 aromatic heterocycles. The molecule has 8 fully saturated rings. The number of esters is 2. The maximum absolute atomic E-state index is 15.2. The first-order chi connectivity index (χ1) is 23.0. The maximum Gasteiger partial charge on any atom is 0.339 e. The Morgan fingerprint density at radius 2 is 1.67 bits per heavy atom. The minimum Gasteiger partial charge on any atom is -0.469 e. The van der Waals surface area contributed by atoms with Gasteiger partial charge in [0.1, 0.15) is 30.2 Å². The second-order valence-electron chi connectivity index (χ2n) is 17.6. The number of ether oxygens (including phenoxy) is 4.